The monoisotopic (exact) mass is 191 g/mol. The summed E-state index contributed by atoms with van der Waals surface area (Å²) in [4.78, 5) is 24.6. The van der Waals surface area contributed by atoms with Gasteiger partial charge in [-0.2, -0.15) is 0 Å². The summed E-state index contributed by atoms with van der Waals surface area (Å²) in [5.41, 5.74) is 1.14. The summed E-state index contributed by atoms with van der Waals surface area (Å²) in [7, 11) is 0. The lowest BCUT2D eigenvalue weighted by Gasteiger charge is -1.87. The lowest BCUT2D eigenvalue weighted by atomic mass is 10.2. The Balaban J connectivity index is 2.65. The summed E-state index contributed by atoms with van der Waals surface area (Å²) < 4.78 is 4.90. The zero-order valence-electron chi connectivity index (χ0n) is 6.93. The molecule has 0 unspecified atom stereocenters. The minimum absolute atomic E-state index is 0.298. The van der Waals surface area contributed by atoms with Gasteiger partial charge < -0.3 is 9.52 Å². The van der Waals surface area contributed by atoms with Crippen molar-refractivity contribution in [2.45, 2.75) is 0 Å². The second-order valence-corrected chi connectivity index (χ2v) is 2.67. The molecule has 5 heteroatoms. The molecule has 0 saturated carbocycles. The number of carbonyl (C=O) groups excluding carboxylic acids is 1. The van der Waals surface area contributed by atoms with Crippen molar-refractivity contribution < 1.29 is 19.1 Å². The van der Waals surface area contributed by atoms with E-state index in [1.807, 2.05) is 0 Å². The Morgan fingerprint density at radius 2 is 2.29 bits per heavy atom. The predicted octanol–water partition coefficient (Wildman–Crippen LogP) is 1.34. The number of nitrogens with zero attached hydrogens (tertiary/aromatic N) is 1. The number of hydrogen-bond acceptors (Lipinski definition) is 4. The van der Waals surface area contributed by atoms with Crippen LogP contribution < -0.4 is 0 Å². The number of aromatic nitrogens is 1. The van der Waals surface area contributed by atoms with E-state index in [9.17, 15) is 9.59 Å². The van der Waals surface area contributed by atoms with Crippen LogP contribution in [-0.2, 0) is 0 Å². The highest BCUT2D eigenvalue weighted by Gasteiger charge is 2.12. The van der Waals surface area contributed by atoms with Gasteiger partial charge in [0.15, 0.2) is 5.58 Å². The number of fused-ring (bicyclic) bond motifs is 1. The SMILES string of the molecule is O=Cc1ccc2nc(C(=O)O)oc2c1. The summed E-state index contributed by atoms with van der Waals surface area (Å²) in [5.74, 6) is -1.60. The summed E-state index contributed by atoms with van der Waals surface area (Å²) in [6.07, 6.45) is 0.655. The number of hydrogen-bond donors (Lipinski definition) is 1. The minimum Gasteiger partial charge on any atom is -0.474 e. The summed E-state index contributed by atoms with van der Waals surface area (Å²) in [6.45, 7) is 0. The van der Waals surface area contributed by atoms with E-state index >= 15 is 0 Å². The van der Waals surface area contributed by atoms with Crippen molar-refractivity contribution in [1.29, 1.82) is 0 Å². The molecule has 2 rings (SSSR count). The third kappa shape index (κ3) is 1.24. The van der Waals surface area contributed by atoms with Crippen LogP contribution in [0.5, 0.6) is 0 Å². The van der Waals surface area contributed by atoms with E-state index in [1.54, 1.807) is 6.07 Å². The van der Waals surface area contributed by atoms with Crippen LogP contribution in [0.3, 0.4) is 0 Å². The first-order valence-electron chi connectivity index (χ1n) is 3.80. The molecule has 0 aliphatic carbocycles. The molecule has 0 fully saturated rings. The highest BCUT2D eigenvalue weighted by atomic mass is 16.4. The maximum atomic E-state index is 10.5. The Bertz CT molecular complexity index is 515. The molecule has 2 aromatic rings. The number of rotatable bonds is 2. The molecule has 14 heavy (non-hydrogen) atoms. The van der Waals surface area contributed by atoms with Crippen LogP contribution in [0.15, 0.2) is 22.6 Å². The fourth-order valence-electron chi connectivity index (χ4n) is 1.11. The molecular weight excluding hydrogens is 186 g/mol. The number of aromatic carboxylic acids is 1. The van der Waals surface area contributed by atoms with Gasteiger partial charge in [0, 0.05) is 5.56 Å². The number of oxazole rings is 1. The molecule has 0 aliphatic rings. The smallest absolute Gasteiger partial charge is 0.392 e. The average molecular weight is 191 g/mol. The summed E-state index contributed by atoms with van der Waals surface area (Å²) >= 11 is 0. The second kappa shape index (κ2) is 2.95. The van der Waals surface area contributed by atoms with E-state index in [4.69, 9.17) is 9.52 Å². The highest BCUT2D eigenvalue weighted by Crippen LogP contribution is 2.16. The molecule has 70 valence electrons. The van der Waals surface area contributed by atoms with Crippen LogP contribution in [0.2, 0.25) is 0 Å². The van der Waals surface area contributed by atoms with Crippen molar-refractivity contribution in [3.63, 3.8) is 0 Å². The maximum absolute atomic E-state index is 10.5. The lowest BCUT2D eigenvalue weighted by molar-refractivity contribution is 0.0656. The van der Waals surface area contributed by atoms with E-state index < -0.39 is 5.97 Å². The van der Waals surface area contributed by atoms with Crippen LogP contribution >= 0.6 is 0 Å². The molecule has 0 spiro atoms. The van der Waals surface area contributed by atoms with Gasteiger partial charge >= 0.3 is 11.9 Å². The van der Waals surface area contributed by atoms with Crippen LogP contribution in [0.4, 0.5) is 0 Å². The Morgan fingerprint density at radius 1 is 1.50 bits per heavy atom. The van der Waals surface area contributed by atoms with E-state index in [0.29, 0.717) is 22.9 Å². The molecule has 1 heterocycles. The zero-order chi connectivity index (χ0) is 10.1. The minimum atomic E-state index is -1.23. The number of carboxylic acids is 1. The molecule has 5 nitrogen and oxygen atoms in total. The van der Waals surface area contributed by atoms with Crippen molar-refractivity contribution in [2.24, 2.45) is 0 Å². The normalized spacial score (nSPS) is 10.3. The number of benzene rings is 1. The van der Waals surface area contributed by atoms with Crippen LogP contribution in [0.25, 0.3) is 11.1 Å². The first-order chi connectivity index (χ1) is 6.70. The lowest BCUT2D eigenvalue weighted by Crippen LogP contribution is -1.94. The Morgan fingerprint density at radius 3 is 2.93 bits per heavy atom. The largest absolute Gasteiger partial charge is 0.474 e. The standard InChI is InChI=1S/C9H5NO4/c11-4-5-1-2-6-7(3-5)14-8(10-6)9(12)13/h1-4H,(H,12,13). The molecule has 0 saturated heterocycles. The van der Waals surface area contributed by atoms with Gasteiger partial charge in [-0.15, -0.1) is 0 Å². The quantitative estimate of drug-likeness (QED) is 0.724. The van der Waals surface area contributed by atoms with Crippen LogP contribution in [-0.4, -0.2) is 22.3 Å². The van der Waals surface area contributed by atoms with E-state index in [0.717, 1.165) is 0 Å². The van der Waals surface area contributed by atoms with Crippen molar-refractivity contribution in [3.05, 3.63) is 29.7 Å². The van der Waals surface area contributed by atoms with Gasteiger partial charge in [0.25, 0.3) is 0 Å². The fourth-order valence-corrected chi connectivity index (χ4v) is 1.11. The first kappa shape index (κ1) is 8.43. The maximum Gasteiger partial charge on any atom is 0.392 e. The fraction of sp³-hybridized carbons (Fsp3) is 0. The third-order valence-electron chi connectivity index (χ3n) is 1.73. The van der Waals surface area contributed by atoms with E-state index in [2.05, 4.69) is 4.98 Å². The van der Waals surface area contributed by atoms with Gasteiger partial charge in [0.1, 0.15) is 11.8 Å². The Hall–Kier alpha value is -2.17. The Kier molecular flexibility index (Phi) is 1.78. The van der Waals surface area contributed by atoms with Gasteiger partial charge in [-0.3, -0.25) is 4.79 Å². The molecule has 0 bridgehead atoms. The molecule has 1 aromatic carbocycles. The topological polar surface area (TPSA) is 80.4 Å². The molecule has 0 radical (unpaired) electrons. The van der Waals surface area contributed by atoms with Gasteiger partial charge in [0.05, 0.1) is 0 Å². The molecule has 1 aromatic heterocycles. The van der Waals surface area contributed by atoms with Gasteiger partial charge in [-0.1, -0.05) is 0 Å². The van der Waals surface area contributed by atoms with Crippen molar-refractivity contribution >= 4 is 23.4 Å². The first-order valence-corrected chi connectivity index (χ1v) is 3.80. The summed E-state index contributed by atoms with van der Waals surface area (Å²) in [6, 6.07) is 4.53. The molecule has 1 N–H and O–H groups in total. The zero-order valence-corrected chi connectivity index (χ0v) is 6.93. The predicted molar refractivity (Wildman–Crippen MR) is 46.4 cm³/mol. The number of carboxylic acid groups (broad SMARTS) is 1. The molecule has 0 atom stereocenters. The Labute approximate surface area is 78.0 Å². The van der Waals surface area contributed by atoms with Gasteiger partial charge in [-0.25, -0.2) is 9.78 Å². The van der Waals surface area contributed by atoms with Crippen molar-refractivity contribution in [2.75, 3.05) is 0 Å². The van der Waals surface area contributed by atoms with Gasteiger partial charge in [-0.05, 0) is 18.2 Å². The number of carbonyl (C=O) groups is 2. The van der Waals surface area contributed by atoms with Crippen molar-refractivity contribution in [3.8, 4) is 0 Å². The van der Waals surface area contributed by atoms with E-state index in [-0.39, 0.29) is 5.89 Å². The molecular formula is C9H5NO4. The number of aldehydes is 1. The second-order valence-electron chi connectivity index (χ2n) is 2.67. The van der Waals surface area contributed by atoms with E-state index in [1.165, 1.54) is 12.1 Å². The summed E-state index contributed by atoms with van der Waals surface area (Å²) in [5, 5.41) is 8.59. The third-order valence-corrected chi connectivity index (χ3v) is 1.73. The van der Waals surface area contributed by atoms with Crippen molar-refractivity contribution in [1.82, 2.24) is 4.98 Å². The highest BCUT2D eigenvalue weighted by molar-refractivity contribution is 5.88. The molecule has 0 aliphatic heterocycles. The van der Waals surface area contributed by atoms with Crippen LogP contribution in [0.1, 0.15) is 21.0 Å². The van der Waals surface area contributed by atoms with Gasteiger partial charge in [0.2, 0.25) is 0 Å². The molecule has 0 amide bonds. The van der Waals surface area contributed by atoms with Crippen LogP contribution in [0, 0.1) is 0 Å². The average Bonchev–Trinajstić information content (AvgIpc) is 2.59.